The molecule has 0 amide bonds. The highest BCUT2D eigenvalue weighted by molar-refractivity contribution is 7.99. The van der Waals surface area contributed by atoms with Gasteiger partial charge in [0.05, 0.1) is 17.6 Å². The summed E-state index contributed by atoms with van der Waals surface area (Å²) < 4.78 is 10.9. The average molecular weight is 386 g/mol. The van der Waals surface area contributed by atoms with Crippen LogP contribution >= 0.6 is 11.8 Å². The number of ether oxygens (including phenoxy) is 2. The molecular formula is C20H22N2O4S. The Kier molecular flexibility index (Phi) is 6.24. The SMILES string of the molecule is CCOC(=O)C(Cc1ccc(OCc2nc3ccc(O)cc3[nH]2)cc1)SC. The van der Waals surface area contributed by atoms with Crippen LogP contribution in [0.3, 0.4) is 0 Å². The first-order chi connectivity index (χ1) is 13.1. The van der Waals surface area contributed by atoms with Crippen molar-refractivity contribution in [2.24, 2.45) is 0 Å². The van der Waals surface area contributed by atoms with E-state index in [2.05, 4.69) is 9.97 Å². The number of aromatic amines is 1. The van der Waals surface area contributed by atoms with Gasteiger partial charge in [0.2, 0.25) is 0 Å². The number of carbonyl (C=O) groups is 1. The lowest BCUT2D eigenvalue weighted by molar-refractivity contribution is -0.142. The summed E-state index contributed by atoms with van der Waals surface area (Å²) in [7, 11) is 0. The molecule has 0 radical (unpaired) electrons. The average Bonchev–Trinajstić information content (AvgIpc) is 3.07. The highest BCUT2D eigenvalue weighted by Gasteiger charge is 2.18. The summed E-state index contributed by atoms with van der Waals surface area (Å²) in [6.07, 6.45) is 2.53. The fraction of sp³-hybridized carbons (Fsp3) is 0.300. The van der Waals surface area contributed by atoms with Crippen LogP contribution in [0, 0.1) is 0 Å². The van der Waals surface area contributed by atoms with Crippen LogP contribution in [0.1, 0.15) is 18.3 Å². The van der Waals surface area contributed by atoms with Gasteiger partial charge in [-0.25, -0.2) is 4.98 Å². The van der Waals surface area contributed by atoms with Gasteiger partial charge in [0.25, 0.3) is 0 Å². The summed E-state index contributed by atoms with van der Waals surface area (Å²) in [4.78, 5) is 19.5. The summed E-state index contributed by atoms with van der Waals surface area (Å²) in [6, 6.07) is 12.7. The first-order valence-corrected chi connectivity index (χ1v) is 9.96. The Morgan fingerprint density at radius 3 is 2.74 bits per heavy atom. The van der Waals surface area contributed by atoms with Crippen LogP contribution in [0.25, 0.3) is 11.0 Å². The summed E-state index contributed by atoms with van der Waals surface area (Å²) in [6.45, 7) is 2.50. The maximum absolute atomic E-state index is 11.9. The van der Waals surface area contributed by atoms with Crippen LogP contribution in [0.2, 0.25) is 0 Å². The minimum atomic E-state index is -0.205. The van der Waals surface area contributed by atoms with Crippen LogP contribution in [0.15, 0.2) is 42.5 Å². The Bertz CT molecular complexity index is 908. The number of aromatic hydroxyl groups is 1. The van der Waals surface area contributed by atoms with E-state index in [1.807, 2.05) is 37.4 Å². The smallest absolute Gasteiger partial charge is 0.319 e. The molecular weight excluding hydrogens is 364 g/mol. The van der Waals surface area contributed by atoms with E-state index in [0.29, 0.717) is 25.5 Å². The maximum atomic E-state index is 11.9. The number of H-pyrrole nitrogens is 1. The van der Waals surface area contributed by atoms with Crippen molar-refractivity contribution in [3.8, 4) is 11.5 Å². The largest absolute Gasteiger partial charge is 0.508 e. The highest BCUT2D eigenvalue weighted by atomic mass is 32.2. The number of esters is 1. The quantitative estimate of drug-likeness (QED) is 0.575. The zero-order chi connectivity index (χ0) is 19.2. The molecule has 1 aromatic heterocycles. The Balaban J connectivity index is 1.59. The minimum absolute atomic E-state index is 0.179. The molecule has 142 valence electrons. The molecule has 0 bridgehead atoms. The molecule has 1 unspecified atom stereocenters. The molecule has 0 aliphatic rings. The molecule has 0 aliphatic carbocycles. The van der Waals surface area contributed by atoms with Crippen molar-refractivity contribution >= 4 is 28.8 Å². The van der Waals surface area contributed by atoms with Gasteiger partial charge in [-0.15, -0.1) is 11.8 Å². The van der Waals surface area contributed by atoms with Crippen molar-refractivity contribution in [3.05, 3.63) is 53.9 Å². The van der Waals surface area contributed by atoms with Gasteiger partial charge < -0.3 is 19.6 Å². The number of benzene rings is 2. The van der Waals surface area contributed by atoms with Crippen molar-refractivity contribution in [3.63, 3.8) is 0 Å². The van der Waals surface area contributed by atoms with Gasteiger partial charge in [-0.05, 0) is 49.4 Å². The number of fused-ring (bicyclic) bond motifs is 1. The van der Waals surface area contributed by atoms with Crippen molar-refractivity contribution < 1.29 is 19.4 Å². The third-order valence-electron chi connectivity index (χ3n) is 4.07. The van der Waals surface area contributed by atoms with Gasteiger partial charge in [-0.3, -0.25) is 4.79 Å². The lowest BCUT2D eigenvalue weighted by Crippen LogP contribution is -2.22. The van der Waals surface area contributed by atoms with E-state index in [-0.39, 0.29) is 17.0 Å². The van der Waals surface area contributed by atoms with Gasteiger partial charge in [0, 0.05) is 6.07 Å². The zero-order valence-electron chi connectivity index (χ0n) is 15.3. The standard InChI is InChI=1S/C20H22N2O4S/c1-3-25-20(24)18(27-2)10-13-4-7-15(8-5-13)26-12-19-21-16-9-6-14(23)11-17(16)22-19/h4-9,11,18,23H,3,10,12H2,1-2H3,(H,21,22). The number of rotatable bonds is 8. The van der Waals surface area contributed by atoms with Crippen LogP contribution < -0.4 is 4.74 Å². The third-order valence-corrected chi connectivity index (χ3v) is 5.00. The topological polar surface area (TPSA) is 84.4 Å². The van der Waals surface area contributed by atoms with Gasteiger partial charge in [-0.1, -0.05) is 12.1 Å². The van der Waals surface area contributed by atoms with Gasteiger partial charge in [0.1, 0.15) is 29.2 Å². The molecule has 2 aromatic carbocycles. The second-order valence-corrected chi connectivity index (χ2v) is 7.04. The molecule has 7 heteroatoms. The highest BCUT2D eigenvalue weighted by Crippen LogP contribution is 2.21. The van der Waals surface area contributed by atoms with E-state index in [1.165, 1.54) is 11.8 Å². The molecule has 1 heterocycles. The Hall–Kier alpha value is -2.67. The lowest BCUT2D eigenvalue weighted by atomic mass is 10.1. The molecule has 0 spiro atoms. The van der Waals surface area contributed by atoms with E-state index in [0.717, 1.165) is 22.3 Å². The molecule has 3 aromatic rings. The second-order valence-electron chi connectivity index (χ2n) is 6.00. The van der Waals surface area contributed by atoms with Crippen molar-refractivity contribution in [1.29, 1.82) is 0 Å². The number of nitrogens with zero attached hydrogens (tertiary/aromatic N) is 1. The van der Waals surface area contributed by atoms with Crippen LogP contribution in [-0.4, -0.2) is 39.2 Å². The third kappa shape index (κ3) is 4.95. The Morgan fingerprint density at radius 1 is 1.26 bits per heavy atom. The number of thioether (sulfide) groups is 1. The molecule has 3 rings (SSSR count). The number of imidazole rings is 1. The summed E-state index contributed by atoms with van der Waals surface area (Å²) in [5, 5.41) is 9.30. The Labute approximate surface area is 161 Å². The van der Waals surface area contributed by atoms with E-state index in [9.17, 15) is 9.90 Å². The number of phenolic OH excluding ortho intramolecular Hbond substituents is 1. The first kappa shape index (κ1) is 19.1. The zero-order valence-corrected chi connectivity index (χ0v) is 16.1. The van der Waals surface area contributed by atoms with Crippen molar-refractivity contribution in [2.75, 3.05) is 12.9 Å². The fourth-order valence-electron chi connectivity index (χ4n) is 2.70. The lowest BCUT2D eigenvalue weighted by Gasteiger charge is -2.13. The molecule has 1 atom stereocenters. The number of nitrogens with one attached hydrogen (secondary N) is 1. The number of hydrogen-bond acceptors (Lipinski definition) is 6. The minimum Gasteiger partial charge on any atom is -0.508 e. The molecule has 0 saturated carbocycles. The number of aromatic nitrogens is 2. The van der Waals surface area contributed by atoms with Crippen LogP contribution in [0.4, 0.5) is 0 Å². The van der Waals surface area contributed by atoms with Gasteiger partial charge in [0.15, 0.2) is 0 Å². The predicted octanol–water partition coefficient (Wildman–Crippen LogP) is 3.68. The maximum Gasteiger partial charge on any atom is 0.319 e. The molecule has 27 heavy (non-hydrogen) atoms. The summed E-state index contributed by atoms with van der Waals surface area (Å²) >= 11 is 1.49. The van der Waals surface area contributed by atoms with E-state index in [1.54, 1.807) is 18.2 Å². The number of phenols is 1. The van der Waals surface area contributed by atoms with E-state index < -0.39 is 0 Å². The normalized spacial score (nSPS) is 12.1. The predicted molar refractivity (Wildman–Crippen MR) is 106 cm³/mol. The number of carbonyl (C=O) groups excluding carboxylic acids is 1. The van der Waals surface area contributed by atoms with E-state index in [4.69, 9.17) is 9.47 Å². The molecule has 6 nitrogen and oxygen atoms in total. The molecule has 0 aliphatic heterocycles. The molecule has 2 N–H and O–H groups in total. The van der Waals surface area contributed by atoms with Gasteiger partial charge in [-0.2, -0.15) is 0 Å². The summed E-state index contributed by atoms with van der Waals surface area (Å²) in [5.41, 5.74) is 2.60. The monoisotopic (exact) mass is 386 g/mol. The Morgan fingerprint density at radius 2 is 2.04 bits per heavy atom. The molecule has 0 saturated heterocycles. The van der Waals surface area contributed by atoms with Gasteiger partial charge >= 0.3 is 5.97 Å². The van der Waals surface area contributed by atoms with Crippen LogP contribution in [-0.2, 0) is 22.6 Å². The second kappa shape index (κ2) is 8.81. The fourth-order valence-corrected chi connectivity index (χ4v) is 3.32. The van der Waals surface area contributed by atoms with E-state index >= 15 is 0 Å². The van der Waals surface area contributed by atoms with Crippen molar-refractivity contribution in [1.82, 2.24) is 9.97 Å². The van der Waals surface area contributed by atoms with Crippen molar-refractivity contribution in [2.45, 2.75) is 25.2 Å². The number of hydrogen-bond donors (Lipinski definition) is 2. The first-order valence-electron chi connectivity index (χ1n) is 8.68. The summed E-state index contributed by atoms with van der Waals surface area (Å²) in [5.74, 6) is 1.42. The van der Waals surface area contributed by atoms with Crippen LogP contribution in [0.5, 0.6) is 11.5 Å². The molecule has 0 fully saturated rings.